The van der Waals surface area contributed by atoms with Gasteiger partial charge in [-0.05, 0) is 35.9 Å². The Bertz CT molecular complexity index is 1670. The summed E-state index contributed by atoms with van der Waals surface area (Å²) in [5.74, 6) is -0.766. The van der Waals surface area contributed by atoms with Gasteiger partial charge in [-0.2, -0.15) is 26.3 Å². The summed E-state index contributed by atoms with van der Waals surface area (Å²) in [4.78, 5) is 22.2. The molecule has 0 atom stereocenters. The van der Waals surface area contributed by atoms with Crippen LogP contribution in [0.15, 0.2) is 60.8 Å². The standard InChI is InChI=1S/C25H16F6N4O2S/c26-24(27,28)15-6-5-13-7-20(22(37)33-16-9-18-23(32-10-16)38-21(12-36)34-18)35(19(13)8-15)11-14-3-1-2-4-17(14)25(29,30)31/h1-10,36H,11-12H2,(H,33,37). The summed E-state index contributed by atoms with van der Waals surface area (Å²) in [5, 5.41) is 12.5. The third kappa shape index (κ3) is 4.94. The molecule has 0 saturated carbocycles. The predicted molar refractivity (Wildman–Crippen MR) is 129 cm³/mol. The number of carbonyl (C=O) groups excluding carboxylic acids is 1. The average Bonchev–Trinajstić information content (AvgIpc) is 3.44. The van der Waals surface area contributed by atoms with E-state index in [4.69, 9.17) is 0 Å². The van der Waals surface area contributed by atoms with Gasteiger partial charge in [-0.3, -0.25) is 4.79 Å². The van der Waals surface area contributed by atoms with E-state index in [2.05, 4.69) is 15.3 Å². The van der Waals surface area contributed by atoms with Crippen molar-refractivity contribution >= 4 is 44.2 Å². The molecule has 5 aromatic rings. The maximum absolute atomic E-state index is 13.6. The van der Waals surface area contributed by atoms with Crippen molar-refractivity contribution in [2.75, 3.05) is 5.32 Å². The Morgan fingerprint density at radius 2 is 1.76 bits per heavy atom. The molecule has 0 fully saturated rings. The van der Waals surface area contributed by atoms with Crippen LogP contribution in [0.25, 0.3) is 21.3 Å². The van der Waals surface area contributed by atoms with Crippen molar-refractivity contribution in [2.45, 2.75) is 25.5 Å². The van der Waals surface area contributed by atoms with Gasteiger partial charge >= 0.3 is 12.4 Å². The molecule has 13 heteroatoms. The molecule has 0 aliphatic carbocycles. The molecule has 3 aromatic heterocycles. The minimum absolute atomic E-state index is 0.0531. The fraction of sp³-hybridized carbons (Fsp3) is 0.160. The summed E-state index contributed by atoms with van der Waals surface area (Å²) in [6.07, 6.45) is -8.06. The zero-order valence-electron chi connectivity index (χ0n) is 19.1. The highest BCUT2D eigenvalue weighted by molar-refractivity contribution is 7.18. The largest absolute Gasteiger partial charge is 0.416 e. The van der Waals surface area contributed by atoms with Gasteiger partial charge < -0.3 is 15.0 Å². The van der Waals surface area contributed by atoms with Crippen molar-refractivity contribution in [2.24, 2.45) is 0 Å². The predicted octanol–water partition coefficient (Wildman–Crippen LogP) is 6.48. The van der Waals surface area contributed by atoms with Crippen LogP contribution >= 0.6 is 11.3 Å². The lowest BCUT2D eigenvalue weighted by molar-refractivity contribution is -0.138. The van der Waals surface area contributed by atoms with Crippen LogP contribution in [0.1, 0.15) is 32.2 Å². The van der Waals surface area contributed by atoms with Crippen molar-refractivity contribution in [3.63, 3.8) is 0 Å². The highest BCUT2D eigenvalue weighted by Gasteiger charge is 2.34. The molecular formula is C25H16F6N4O2S. The Morgan fingerprint density at radius 3 is 2.47 bits per heavy atom. The Balaban J connectivity index is 1.60. The van der Waals surface area contributed by atoms with Crippen molar-refractivity contribution in [1.82, 2.24) is 14.5 Å². The number of nitrogens with zero attached hydrogens (tertiary/aromatic N) is 3. The van der Waals surface area contributed by atoms with Crippen LogP contribution in [0, 0.1) is 0 Å². The molecule has 0 spiro atoms. The van der Waals surface area contributed by atoms with E-state index in [1.165, 1.54) is 42.6 Å². The summed E-state index contributed by atoms with van der Waals surface area (Å²) >= 11 is 1.16. The first-order valence-corrected chi connectivity index (χ1v) is 11.8. The van der Waals surface area contributed by atoms with Crippen LogP contribution in [-0.2, 0) is 25.5 Å². The molecule has 0 aliphatic rings. The van der Waals surface area contributed by atoms with Gasteiger partial charge in [-0.1, -0.05) is 35.6 Å². The minimum atomic E-state index is -4.71. The number of hydrogen-bond acceptors (Lipinski definition) is 5. The maximum atomic E-state index is 13.6. The third-order valence-electron chi connectivity index (χ3n) is 5.80. The number of fused-ring (bicyclic) bond motifs is 2. The van der Waals surface area contributed by atoms with Gasteiger partial charge in [-0.25, -0.2) is 9.97 Å². The summed E-state index contributed by atoms with van der Waals surface area (Å²) < 4.78 is 82.4. The van der Waals surface area contributed by atoms with Gasteiger partial charge in [0.15, 0.2) is 0 Å². The molecule has 6 nitrogen and oxygen atoms in total. The number of thiazole rings is 1. The molecule has 0 radical (unpaired) electrons. The van der Waals surface area contributed by atoms with Crippen LogP contribution in [0.2, 0.25) is 0 Å². The minimum Gasteiger partial charge on any atom is -0.389 e. The highest BCUT2D eigenvalue weighted by Crippen LogP contribution is 2.35. The van der Waals surface area contributed by atoms with Crippen LogP contribution < -0.4 is 5.32 Å². The molecule has 2 N–H and O–H groups in total. The lowest BCUT2D eigenvalue weighted by Crippen LogP contribution is -2.19. The molecule has 1 amide bonds. The first-order valence-electron chi connectivity index (χ1n) is 11.0. The molecule has 0 bridgehead atoms. The lowest BCUT2D eigenvalue weighted by atomic mass is 10.1. The number of halogens is 6. The summed E-state index contributed by atoms with van der Waals surface area (Å²) in [6.45, 7) is -0.797. The number of benzene rings is 2. The molecule has 38 heavy (non-hydrogen) atoms. The zero-order chi connectivity index (χ0) is 27.2. The highest BCUT2D eigenvalue weighted by atomic mass is 32.1. The smallest absolute Gasteiger partial charge is 0.389 e. The molecular weight excluding hydrogens is 534 g/mol. The fourth-order valence-electron chi connectivity index (χ4n) is 4.09. The first-order chi connectivity index (χ1) is 17.9. The van der Waals surface area contributed by atoms with Crippen LogP contribution in [0.5, 0.6) is 0 Å². The second-order valence-corrected chi connectivity index (χ2v) is 9.37. The van der Waals surface area contributed by atoms with Crippen molar-refractivity contribution < 1.29 is 36.2 Å². The van der Waals surface area contributed by atoms with E-state index in [1.54, 1.807) is 0 Å². The molecule has 0 saturated heterocycles. The van der Waals surface area contributed by atoms with Crippen molar-refractivity contribution in [1.29, 1.82) is 0 Å². The van der Waals surface area contributed by atoms with E-state index >= 15 is 0 Å². The van der Waals surface area contributed by atoms with E-state index in [0.717, 1.165) is 34.1 Å². The van der Waals surface area contributed by atoms with Gasteiger partial charge in [0, 0.05) is 17.4 Å². The number of aliphatic hydroxyl groups excluding tert-OH is 1. The molecule has 196 valence electrons. The summed E-state index contributed by atoms with van der Waals surface area (Å²) in [6, 6.07) is 10.3. The Labute approximate surface area is 214 Å². The molecule has 5 rings (SSSR count). The lowest BCUT2D eigenvalue weighted by Gasteiger charge is -2.16. The molecule has 2 aromatic carbocycles. The summed E-state index contributed by atoms with van der Waals surface area (Å²) in [5.41, 5.74) is -1.76. The van der Waals surface area contributed by atoms with E-state index in [9.17, 15) is 36.2 Å². The number of pyridine rings is 1. The van der Waals surface area contributed by atoms with E-state index < -0.39 is 35.9 Å². The van der Waals surface area contributed by atoms with Crippen LogP contribution in [-0.4, -0.2) is 25.5 Å². The Morgan fingerprint density at radius 1 is 1.00 bits per heavy atom. The van der Waals surface area contributed by atoms with Gasteiger partial charge in [0.25, 0.3) is 5.91 Å². The van der Waals surface area contributed by atoms with E-state index in [0.29, 0.717) is 15.4 Å². The normalized spacial score (nSPS) is 12.4. The Kier molecular flexibility index (Phi) is 6.35. The van der Waals surface area contributed by atoms with Gasteiger partial charge in [0.05, 0.1) is 29.6 Å². The number of aliphatic hydroxyl groups is 1. The maximum Gasteiger partial charge on any atom is 0.416 e. The average molecular weight is 550 g/mol. The van der Waals surface area contributed by atoms with Gasteiger partial charge in [0.2, 0.25) is 0 Å². The second-order valence-electron chi connectivity index (χ2n) is 8.31. The summed E-state index contributed by atoms with van der Waals surface area (Å²) in [7, 11) is 0. The number of nitrogens with one attached hydrogen (secondary N) is 1. The SMILES string of the molecule is O=C(Nc1cnc2sc(CO)nc2c1)c1cc2ccc(C(F)(F)F)cc2n1Cc1ccccc1C(F)(F)F. The number of rotatable bonds is 5. The third-order valence-corrected chi connectivity index (χ3v) is 6.76. The zero-order valence-corrected chi connectivity index (χ0v) is 19.9. The van der Waals surface area contributed by atoms with E-state index in [1.807, 2.05) is 0 Å². The van der Waals surface area contributed by atoms with Crippen LogP contribution in [0.4, 0.5) is 32.0 Å². The number of aromatic nitrogens is 3. The molecule has 3 heterocycles. The van der Waals surface area contributed by atoms with Crippen molar-refractivity contribution in [3.8, 4) is 0 Å². The number of anilines is 1. The topological polar surface area (TPSA) is 80.0 Å². The monoisotopic (exact) mass is 550 g/mol. The molecule has 0 unspecified atom stereocenters. The van der Waals surface area contributed by atoms with Crippen molar-refractivity contribution in [3.05, 3.63) is 88.2 Å². The first kappa shape index (κ1) is 25.7. The van der Waals surface area contributed by atoms with Gasteiger partial charge in [-0.15, -0.1) is 0 Å². The van der Waals surface area contributed by atoms with Gasteiger partial charge in [0.1, 0.15) is 21.0 Å². The quantitative estimate of drug-likeness (QED) is 0.246. The number of hydrogen-bond donors (Lipinski definition) is 2. The Hall–Kier alpha value is -3.97. The fourth-order valence-corrected chi connectivity index (χ4v) is 4.84. The number of amides is 1. The number of carbonyl (C=O) groups is 1. The molecule has 0 aliphatic heterocycles. The van der Waals surface area contributed by atoms with Crippen LogP contribution in [0.3, 0.4) is 0 Å². The number of alkyl halides is 6. The van der Waals surface area contributed by atoms with E-state index in [-0.39, 0.29) is 34.5 Å². The second kappa shape index (κ2) is 9.40.